The van der Waals surface area contributed by atoms with Crippen molar-refractivity contribution >= 4 is 28.8 Å². The first kappa shape index (κ1) is 13.1. The molecule has 0 bridgehead atoms. The molecule has 0 saturated heterocycles. The van der Waals surface area contributed by atoms with E-state index in [9.17, 15) is 4.79 Å². The quantitative estimate of drug-likeness (QED) is 0.513. The maximum absolute atomic E-state index is 11.4. The summed E-state index contributed by atoms with van der Waals surface area (Å²) in [6.07, 6.45) is 1.62. The Morgan fingerprint density at radius 2 is 2.33 bits per heavy atom. The summed E-state index contributed by atoms with van der Waals surface area (Å²) in [6.45, 7) is 4.47. The van der Waals surface area contributed by atoms with Crippen LogP contribution in [0.3, 0.4) is 0 Å². The number of hydrogen-bond donors (Lipinski definition) is 2. The van der Waals surface area contributed by atoms with Gasteiger partial charge in [-0.2, -0.15) is 5.10 Å². The van der Waals surface area contributed by atoms with Crippen molar-refractivity contribution in [2.75, 3.05) is 0 Å². The SMILES string of the molecule is Cc1sc(C(=O)NN)cc1Cn1ncc(Cl)c1C. The minimum atomic E-state index is -0.274. The average Bonchev–Trinajstić information content (AvgIpc) is 2.87. The molecule has 0 aliphatic rings. The topological polar surface area (TPSA) is 72.9 Å². The lowest BCUT2D eigenvalue weighted by atomic mass is 10.2. The summed E-state index contributed by atoms with van der Waals surface area (Å²) in [5.41, 5.74) is 4.08. The summed E-state index contributed by atoms with van der Waals surface area (Å²) in [6, 6.07) is 1.83. The van der Waals surface area contributed by atoms with E-state index in [1.807, 2.05) is 24.6 Å². The van der Waals surface area contributed by atoms with E-state index in [0.29, 0.717) is 16.4 Å². The highest BCUT2D eigenvalue weighted by atomic mass is 35.5. The number of hydrogen-bond acceptors (Lipinski definition) is 4. The Bertz CT molecular complexity index is 590. The highest BCUT2D eigenvalue weighted by molar-refractivity contribution is 7.14. The predicted molar refractivity (Wildman–Crippen MR) is 71.8 cm³/mol. The highest BCUT2D eigenvalue weighted by Gasteiger charge is 2.13. The van der Waals surface area contributed by atoms with Crippen LogP contribution < -0.4 is 11.3 Å². The maximum Gasteiger partial charge on any atom is 0.275 e. The first-order valence-electron chi connectivity index (χ1n) is 5.31. The van der Waals surface area contributed by atoms with Crippen LogP contribution >= 0.6 is 22.9 Å². The second kappa shape index (κ2) is 5.09. The lowest BCUT2D eigenvalue weighted by Gasteiger charge is -2.03. The maximum atomic E-state index is 11.4. The number of hydrazine groups is 1. The van der Waals surface area contributed by atoms with Crippen LogP contribution in [0.4, 0.5) is 0 Å². The van der Waals surface area contributed by atoms with Crippen LogP contribution in [0.5, 0.6) is 0 Å². The van der Waals surface area contributed by atoms with Crippen LogP contribution in [0, 0.1) is 13.8 Å². The summed E-state index contributed by atoms with van der Waals surface area (Å²) >= 11 is 7.36. The molecule has 2 aromatic heterocycles. The monoisotopic (exact) mass is 284 g/mol. The van der Waals surface area contributed by atoms with Crippen LogP contribution in [0.1, 0.15) is 25.8 Å². The van der Waals surface area contributed by atoms with Crippen LogP contribution in [0.2, 0.25) is 5.02 Å². The third kappa shape index (κ3) is 2.40. The van der Waals surface area contributed by atoms with Crippen molar-refractivity contribution in [2.45, 2.75) is 20.4 Å². The zero-order chi connectivity index (χ0) is 13.3. The van der Waals surface area contributed by atoms with E-state index < -0.39 is 0 Å². The molecule has 2 heterocycles. The number of nitrogens with zero attached hydrogens (tertiary/aromatic N) is 2. The van der Waals surface area contributed by atoms with Crippen LogP contribution in [-0.2, 0) is 6.54 Å². The smallest absolute Gasteiger partial charge is 0.275 e. The van der Waals surface area contributed by atoms with Crippen molar-refractivity contribution in [2.24, 2.45) is 5.84 Å². The normalized spacial score (nSPS) is 10.7. The van der Waals surface area contributed by atoms with E-state index in [-0.39, 0.29) is 5.91 Å². The zero-order valence-corrected chi connectivity index (χ0v) is 11.6. The van der Waals surface area contributed by atoms with Gasteiger partial charge in [0.15, 0.2) is 0 Å². The molecule has 3 N–H and O–H groups in total. The molecule has 96 valence electrons. The van der Waals surface area contributed by atoms with Gasteiger partial charge < -0.3 is 0 Å². The van der Waals surface area contributed by atoms with Crippen LogP contribution in [-0.4, -0.2) is 15.7 Å². The fraction of sp³-hybridized carbons (Fsp3) is 0.273. The first-order chi connectivity index (χ1) is 8.52. The van der Waals surface area contributed by atoms with Gasteiger partial charge in [-0.1, -0.05) is 11.6 Å². The van der Waals surface area contributed by atoms with Gasteiger partial charge in [0.05, 0.1) is 28.3 Å². The van der Waals surface area contributed by atoms with Crippen molar-refractivity contribution < 1.29 is 4.79 Å². The van der Waals surface area contributed by atoms with Gasteiger partial charge in [-0.05, 0) is 25.5 Å². The van der Waals surface area contributed by atoms with E-state index in [2.05, 4.69) is 10.5 Å². The molecule has 0 aromatic carbocycles. The molecular formula is C11H13ClN4OS. The van der Waals surface area contributed by atoms with Crippen molar-refractivity contribution in [3.63, 3.8) is 0 Å². The molecule has 0 fully saturated rings. The molecule has 0 aliphatic heterocycles. The second-order valence-corrected chi connectivity index (χ2v) is 5.56. The molecule has 5 nitrogen and oxygen atoms in total. The fourth-order valence-corrected chi connectivity index (χ4v) is 2.68. The van der Waals surface area contributed by atoms with E-state index in [4.69, 9.17) is 17.4 Å². The molecule has 0 atom stereocenters. The fourth-order valence-electron chi connectivity index (χ4n) is 1.60. The highest BCUT2D eigenvalue weighted by Crippen LogP contribution is 2.23. The predicted octanol–water partition coefficient (Wildman–Crippen LogP) is 1.87. The van der Waals surface area contributed by atoms with E-state index in [1.54, 1.807) is 6.20 Å². The molecule has 0 unspecified atom stereocenters. The molecule has 0 spiro atoms. The number of aryl methyl sites for hydroxylation is 1. The molecule has 0 radical (unpaired) electrons. The van der Waals surface area contributed by atoms with Gasteiger partial charge in [0.25, 0.3) is 5.91 Å². The van der Waals surface area contributed by atoms with Crippen molar-refractivity contribution in [1.29, 1.82) is 0 Å². The van der Waals surface area contributed by atoms with Gasteiger partial charge in [0.1, 0.15) is 0 Å². The first-order valence-corrected chi connectivity index (χ1v) is 6.50. The van der Waals surface area contributed by atoms with Crippen molar-refractivity contribution in [3.05, 3.63) is 38.3 Å². The Balaban J connectivity index is 2.27. The number of amides is 1. The standard InChI is InChI=1S/C11H13ClN4OS/c1-6-9(12)4-14-16(6)5-8-3-10(11(17)15-13)18-7(8)2/h3-4H,5,13H2,1-2H3,(H,15,17). The van der Waals surface area contributed by atoms with Crippen molar-refractivity contribution in [3.8, 4) is 0 Å². The minimum absolute atomic E-state index is 0.274. The Hall–Kier alpha value is -1.37. The Labute approximate surface area is 114 Å². The van der Waals surface area contributed by atoms with Gasteiger partial charge in [0, 0.05) is 4.88 Å². The van der Waals surface area contributed by atoms with Crippen molar-refractivity contribution in [1.82, 2.24) is 15.2 Å². The lowest BCUT2D eigenvalue weighted by molar-refractivity contribution is 0.0957. The molecule has 1 amide bonds. The summed E-state index contributed by atoms with van der Waals surface area (Å²) in [7, 11) is 0. The van der Waals surface area contributed by atoms with E-state index in [1.165, 1.54) is 11.3 Å². The summed E-state index contributed by atoms with van der Waals surface area (Å²) in [5, 5.41) is 4.83. The van der Waals surface area contributed by atoms with E-state index in [0.717, 1.165) is 16.1 Å². The Morgan fingerprint density at radius 1 is 1.61 bits per heavy atom. The van der Waals surface area contributed by atoms with Crippen LogP contribution in [0.25, 0.3) is 0 Å². The molecule has 7 heteroatoms. The number of nitrogens with one attached hydrogen (secondary N) is 1. The number of thiophene rings is 1. The number of nitrogens with two attached hydrogens (primary N) is 1. The molecule has 2 rings (SSSR count). The van der Waals surface area contributed by atoms with Gasteiger partial charge in [0.2, 0.25) is 0 Å². The lowest BCUT2D eigenvalue weighted by Crippen LogP contribution is -2.29. The number of carbonyl (C=O) groups is 1. The summed E-state index contributed by atoms with van der Waals surface area (Å²) < 4.78 is 1.81. The third-order valence-electron chi connectivity index (χ3n) is 2.74. The zero-order valence-electron chi connectivity index (χ0n) is 10.0. The summed E-state index contributed by atoms with van der Waals surface area (Å²) in [4.78, 5) is 13.1. The number of aromatic nitrogens is 2. The number of rotatable bonds is 3. The average molecular weight is 285 g/mol. The molecule has 0 saturated carbocycles. The largest absolute Gasteiger partial charge is 0.289 e. The number of halogens is 1. The van der Waals surface area contributed by atoms with E-state index >= 15 is 0 Å². The molecular weight excluding hydrogens is 272 g/mol. The summed E-state index contributed by atoms with van der Waals surface area (Å²) in [5.74, 6) is 4.84. The molecule has 2 aromatic rings. The molecule has 18 heavy (non-hydrogen) atoms. The van der Waals surface area contributed by atoms with Gasteiger partial charge in [-0.3, -0.25) is 14.9 Å². The number of carbonyl (C=O) groups excluding carboxylic acids is 1. The Kier molecular flexibility index (Phi) is 3.70. The van der Waals surface area contributed by atoms with Gasteiger partial charge in [-0.15, -0.1) is 11.3 Å². The molecule has 0 aliphatic carbocycles. The Morgan fingerprint density at radius 3 is 2.89 bits per heavy atom. The third-order valence-corrected chi connectivity index (χ3v) is 4.20. The van der Waals surface area contributed by atoms with Gasteiger partial charge >= 0.3 is 0 Å². The minimum Gasteiger partial charge on any atom is -0.289 e. The van der Waals surface area contributed by atoms with Crippen LogP contribution in [0.15, 0.2) is 12.3 Å². The number of nitrogen functional groups attached to an aromatic ring is 1. The second-order valence-electron chi connectivity index (χ2n) is 3.90. The van der Waals surface area contributed by atoms with Gasteiger partial charge in [-0.25, -0.2) is 5.84 Å².